The summed E-state index contributed by atoms with van der Waals surface area (Å²) in [5.74, 6) is -0.715. The predicted molar refractivity (Wildman–Crippen MR) is 64.6 cm³/mol. The monoisotopic (exact) mass is 279 g/mol. The van der Waals surface area contributed by atoms with Crippen molar-refractivity contribution < 1.29 is 22.3 Å². The summed E-state index contributed by atoms with van der Waals surface area (Å²) < 4.78 is 53.9. The molecule has 0 aromatic heterocycles. The van der Waals surface area contributed by atoms with Gasteiger partial charge in [-0.2, -0.15) is 13.2 Å². The fraction of sp³-hybridized carbons (Fsp3) is 0.538. The number of rotatable bonds is 7. The lowest BCUT2D eigenvalue weighted by molar-refractivity contribution is -0.174. The zero-order chi connectivity index (χ0) is 14.3. The van der Waals surface area contributed by atoms with Crippen LogP contribution < -0.4 is 5.32 Å². The Morgan fingerprint density at radius 3 is 2.63 bits per heavy atom. The molecule has 108 valence electrons. The standard InChI is InChI=1S/C13H17F4NO/c1-2-18-7-11(8-19-9-13(15,16)17)10-4-3-5-12(14)6-10/h3-6,11,18H,2,7-9H2,1H3. The largest absolute Gasteiger partial charge is 0.411 e. The fourth-order valence-electron chi connectivity index (χ4n) is 1.67. The van der Waals surface area contributed by atoms with Gasteiger partial charge in [-0.15, -0.1) is 0 Å². The molecule has 1 aromatic carbocycles. The maximum Gasteiger partial charge on any atom is 0.411 e. The van der Waals surface area contributed by atoms with Gasteiger partial charge < -0.3 is 10.1 Å². The third-order valence-electron chi connectivity index (χ3n) is 2.55. The summed E-state index contributed by atoms with van der Waals surface area (Å²) in [5, 5.41) is 3.03. The van der Waals surface area contributed by atoms with E-state index >= 15 is 0 Å². The van der Waals surface area contributed by atoms with Crippen molar-refractivity contribution in [3.8, 4) is 0 Å². The quantitative estimate of drug-likeness (QED) is 0.774. The normalized spacial score (nSPS) is 13.5. The third-order valence-corrected chi connectivity index (χ3v) is 2.55. The van der Waals surface area contributed by atoms with Gasteiger partial charge in [0.1, 0.15) is 12.4 Å². The molecule has 0 heterocycles. The zero-order valence-electron chi connectivity index (χ0n) is 10.6. The molecule has 19 heavy (non-hydrogen) atoms. The van der Waals surface area contributed by atoms with Crippen LogP contribution in [0, 0.1) is 5.82 Å². The van der Waals surface area contributed by atoms with Crippen LogP contribution in [0.15, 0.2) is 24.3 Å². The van der Waals surface area contributed by atoms with Crippen molar-refractivity contribution in [1.29, 1.82) is 0 Å². The Hall–Kier alpha value is -1.14. The molecule has 0 radical (unpaired) electrons. The van der Waals surface area contributed by atoms with Crippen molar-refractivity contribution in [2.45, 2.75) is 19.0 Å². The Labute approximate surface area is 109 Å². The van der Waals surface area contributed by atoms with Gasteiger partial charge in [0.05, 0.1) is 6.61 Å². The molecule has 0 bridgehead atoms. The van der Waals surface area contributed by atoms with Crippen LogP contribution in [0.4, 0.5) is 17.6 Å². The number of likely N-dealkylation sites (N-methyl/N-ethyl adjacent to an activating group) is 1. The number of halogens is 4. The van der Waals surface area contributed by atoms with Crippen LogP contribution in [0.3, 0.4) is 0 Å². The van der Waals surface area contributed by atoms with E-state index in [0.29, 0.717) is 18.7 Å². The summed E-state index contributed by atoms with van der Waals surface area (Å²) in [6.07, 6.45) is -4.34. The van der Waals surface area contributed by atoms with Crippen LogP contribution in [-0.2, 0) is 4.74 Å². The average Bonchev–Trinajstić information content (AvgIpc) is 2.32. The lowest BCUT2D eigenvalue weighted by Crippen LogP contribution is -2.26. The van der Waals surface area contributed by atoms with Gasteiger partial charge in [0.15, 0.2) is 0 Å². The molecule has 0 aliphatic rings. The second-order valence-corrected chi connectivity index (χ2v) is 4.19. The molecule has 0 saturated heterocycles. The van der Waals surface area contributed by atoms with Gasteiger partial charge in [-0.25, -0.2) is 4.39 Å². The second kappa shape index (κ2) is 7.45. The highest BCUT2D eigenvalue weighted by molar-refractivity contribution is 5.21. The van der Waals surface area contributed by atoms with Gasteiger partial charge in [0.25, 0.3) is 0 Å². The molecule has 2 nitrogen and oxygen atoms in total. The van der Waals surface area contributed by atoms with Gasteiger partial charge in [0, 0.05) is 12.5 Å². The van der Waals surface area contributed by atoms with E-state index in [9.17, 15) is 17.6 Å². The predicted octanol–water partition coefficient (Wildman–Crippen LogP) is 3.10. The third kappa shape index (κ3) is 6.54. The van der Waals surface area contributed by atoms with Crippen molar-refractivity contribution in [1.82, 2.24) is 5.32 Å². The highest BCUT2D eigenvalue weighted by atomic mass is 19.4. The maximum atomic E-state index is 13.1. The number of hydrogen-bond donors (Lipinski definition) is 1. The van der Waals surface area contributed by atoms with Gasteiger partial charge in [-0.1, -0.05) is 19.1 Å². The van der Waals surface area contributed by atoms with E-state index < -0.39 is 18.6 Å². The summed E-state index contributed by atoms with van der Waals surface area (Å²) >= 11 is 0. The first-order chi connectivity index (χ1) is 8.92. The molecule has 1 aromatic rings. The van der Waals surface area contributed by atoms with E-state index in [2.05, 4.69) is 10.1 Å². The van der Waals surface area contributed by atoms with Crippen LogP contribution in [0.5, 0.6) is 0 Å². The molecular formula is C13H17F4NO. The summed E-state index contributed by atoms with van der Waals surface area (Å²) in [5.41, 5.74) is 0.628. The van der Waals surface area contributed by atoms with E-state index in [4.69, 9.17) is 0 Å². The van der Waals surface area contributed by atoms with Crippen LogP contribution >= 0.6 is 0 Å². The molecule has 1 atom stereocenters. The minimum absolute atomic E-state index is 0.101. The number of nitrogens with one attached hydrogen (secondary N) is 1. The Kier molecular flexibility index (Phi) is 6.24. The van der Waals surface area contributed by atoms with Gasteiger partial charge in [-0.3, -0.25) is 0 Å². The van der Waals surface area contributed by atoms with E-state index in [-0.39, 0.29) is 12.5 Å². The molecule has 0 fully saturated rings. The number of alkyl halides is 3. The Balaban J connectivity index is 2.61. The SMILES string of the molecule is CCNCC(COCC(F)(F)F)c1cccc(F)c1. The summed E-state index contributed by atoms with van der Waals surface area (Å²) in [4.78, 5) is 0. The van der Waals surface area contributed by atoms with Crippen molar-refractivity contribution in [3.05, 3.63) is 35.6 Å². The van der Waals surface area contributed by atoms with E-state index in [1.165, 1.54) is 18.2 Å². The van der Waals surface area contributed by atoms with E-state index in [0.717, 1.165) is 0 Å². The number of ether oxygens (including phenoxy) is 1. The van der Waals surface area contributed by atoms with Crippen LogP contribution in [-0.4, -0.2) is 32.5 Å². The van der Waals surface area contributed by atoms with Gasteiger partial charge >= 0.3 is 6.18 Å². The molecule has 0 saturated carbocycles. The van der Waals surface area contributed by atoms with Crippen LogP contribution in [0.2, 0.25) is 0 Å². The van der Waals surface area contributed by atoms with Crippen LogP contribution in [0.25, 0.3) is 0 Å². The summed E-state index contributed by atoms with van der Waals surface area (Å²) in [6, 6.07) is 5.83. The van der Waals surface area contributed by atoms with E-state index in [1.54, 1.807) is 6.07 Å². The minimum atomic E-state index is -4.34. The zero-order valence-corrected chi connectivity index (χ0v) is 10.6. The highest BCUT2D eigenvalue weighted by Crippen LogP contribution is 2.19. The molecule has 1 N–H and O–H groups in total. The second-order valence-electron chi connectivity index (χ2n) is 4.19. The first-order valence-electron chi connectivity index (χ1n) is 6.03. The number of hydrogen-bond acceptors (Lipinski definition) is 2. The maximum absolute atomic E-state index is 13.1. The van der Waals surface area contributed by atoms with Crippen molar-refractivity contribution in [3.63, 3.8) is 0 Å². The number of benzene rings is 1. The molecule has 1 rings (SSSR count). The van der Waals surface area contributed by atoms with Gasteiger partial charge in [-0.05, 0) is 24.2 Å². The Morgan fingerprint density at radius 2 is 2.05 bits per heavy atom. The molecule has 6 heteroatoms. The lowest BCUT2D eigenvalue weighted by Gasteiger charge is -2.18. The summed E-state index contributed by atoms with van der Waals surface area (Å²) in [6.45, 7) is 1.63. The first kappa shape index (κ1) is 15.9. The van der Waals surface area contributed by atoms with Gasteiger partial charge in [0.2, 0.25) is 0 Å². The molecule has 0 aliphatic heterocycles. The highest BCUT2D eigenvalue weighted by Gasteiger charge is 2.28. The van der Waals surface area contributed by atoms with E-state index in [1.807, 2.05) is 6.92 Å². The lowest BCUT2D eigenvalue weighted by atomic mass is 10.00. The fourth-order valence-corrected chi connectivity index (χ4v) is 1.67. The molecular weight excluding hydrogens is 262 g/mol. The molecule has 0 aliphatic carbocycles. The van der Waals surface area contributed by atoms with Crippen molar-refractivity contribution in [2.24, 2.45) is 0 Å². The Morgan fingerprint density at radius 1 is 1.32 bits per heavy atom. The van der Waals surface area contributed by atoms with Crippen molar-refractivity contribution in [2.75, 3.05) is 26.3 Å². The first-order valence-corrected chi connectivity index (χ1v) is 6.03. The summed E-state index contributed by atoms with van der Waals surface area (Å²) in [7, 11) is 0. The molecule has 0 amide bonds. The topological polar surface area (TPSA) is 21.3 Å². The molecule has 0 spiro atoms. The van der Waals surface area contributed by atoms with Crippen LogP contribution in [0.1, 0.15) is 18.4 Å². The molecule has 1 unspecified atom stereocenters. The minimum Gasteiger partial charge on any atom is -0.371 e. The Bertz CT molecular complexity index is 381. The van der Waals surface area contributed by atoms with Crippen molar-refractivity contribution >= 4 is 0 Å². The smallest absolute Gasteiger partial charge is 0.371 e. The average molecular weight is 279 g/mol.